The summed E-state index contributed by atoms with van der Waals surface area (Å²) in [7, 11) is -1.63. The minimum absolute atomic E-state index is 0.0264. The van der Waals surface area contributed by atoms with E-state index in [0.29, 0.717) is 13.1 Å². The summed E-state index contributed by atoms with van der Waals surface area (Å²) < 4.78 is 27.2. The summed E-state index contributed by atoms with van der Waals surface area (Å²) in [5.74, 6) is -1.10. The fraction of sp³-hybridized carbons (Fsp3) is 0.615. The number of carbonyl (C=O) groups is 1. The molecule has 21 heavy (non-hydrogen) atoms. The topological polar surface area (TPSA) is 77.9 Å². The minimum atomic E-state index is -3.62. The molecule has 0 saturated carbocycles. The molecule has 0 aromatic carbocycles. The molecule has 1 aliphatic rings. The van der Waals surface area contributed by atoms with Crippen molar-refractivity contribution >= 4 is 27.3 Å². The van der Waals surface area contributed by atoms with Gasteiger partial charge >= 0.3 is 5.97 Å². The van der Waals surface area contributed by atoms with Crippen LogP contribution in [0, 0.1) is 0 Å². The Labute approximate surface area is 129 Å². The monoisotopic (exact) mass is 332 g/mol. The maximum atomic E-state index is 12.8. The van der Waals surface area contributed by atoms with E-state index in [1.165, 1.54) is 15.8 Å². The fourth-order valence-electron chi connectivity index (χ4n) is 2.55. The third kappa shape index (κ3) is 3.45. The Bertz CT molecular complexity index is 611. The summed E-state index contributed by atoms with van der Waals surface area (Å²) in [6.07, 6.45) is 1.52. The Morgan fingerprint density at radius 3 is 2.76 bits per heavy atom. The average Bonchev–Trinajstić information content (AvgIpc) is 2.84. The first-order chi connectivity index (χ1) is 9.86. The summed E-state index contributed by atoms with van der Waals surface area (Å²) in [5, 5.41) is 10.3. The molecule has 2 rings (SSSR count). The van der Waals surface area contributed by atoms with Gasteiger partial charge in [-0.3, -0.25) is 0 Å². The highest BCUT2D eigenvalue weighted by molar-refractivity contribution is 7.91. The number of thiophene rings is 1. The molecule has 1 atom stereocenters. The van der Waals surface area contributed by atoms with Gasteiger partial charge in [-0.05, 0) is 32.5 Å². The SMILES string of the molecule is CCC1CN(C)CCCN1S(=O)(=O)c1cc(C(=O)O)cs1. The Morgan fingerprint density at radius 2 is 2.19 bits per heavy atom. The van der Waals surface area contributed by atoms with E-state index in [0.717, 1.165) is 30.7 Å². The summed E-state index contributed by atoms with van der Waals surface area (Å²) in [4.78, 5) is 13.1. The van der Waals surface area contributed by atoms with E-state index in [1.807, 2.05) is 14.0 Å². The van der Waals surface area contributed by atoms with Crippen LogP contribution in [0.3, 0.4) is 0 Å². The number of sulfonamides is 1. The van der Waals surface area contributed by atoms with Crippen molar-refractivity contribution in [3.8, 4) is 0 Å². The largest absolute Gasteiger partial charge is 0.478 e. The van der Waals surface area contributed by atoms with Crippen molar-refractivity contribution in [3.05, 3.63) is 17.0 Å². The predicted octanol–water partition coefficient (Wildman–Crippen LogP) is 1.55. The van der Waals surface area contributed by atoms with Crippen LogP contribution in [-0.4, -0.2) is 61.4 Å². The molecule has 2 heterocycles. The zero-order valence-electron chi connectivity index (χ0n) is 12.2. The van der Waals surface area contributed by atoms with E-state index < -0.39 is 16.0 Å². The van der Waals surface area contributed by atoms with Gasteiger partial charge in [0.1, 0.15) is 4.21 Å². The predicted molar refractivity (Wildman–Crippen MR) is 81.4 cm³/mol. The summed E-state index contributed by atoms with van der Waals surface area (Å²) in [6.45, 7) is 4.02. The number of carboxylic acids is 1. The Kier molecular flexibility index (Phi) is 5.03. The van der Waals surface area contributed by atoms with Crippen LogP contribution in [-0.2, 0) is 10.0 Å². The van der Waals surface area contributed by atoms with Crippen LogP contribution in [0.15, 0.2) is 15.7 Å². The van der Waals surface area contributed by atoms with Crippen molar-refractivity contribution in [3.63, 3.8) is 0 Å². The molecular formula is C13H20N2O4S2. The van der Waals surface area contributed by atoms with Crippen molar-refractivity contribution in [1.82, 2.24) is 9.21 Å². The second kappa shape index (κ2) is 6.43. The van der Waals surface area contributed by atoms with Crippen LogP contribution < -0.4 is 0 Å². The molecule has 0 amide bonds. The first-order valence-electron chi connectivity index (χ1n) is 6.88. The lowest BCUT2D eigenvalue weighted by Gasteiger charge is -2.28. The van der Waals surface area contributed by atoms with Gasteiger partial charge < -0.3 is 10.0 Å². The Morgan fingerprint density at radius 1 is 1.48 bits per heavy atom. The minimum Gasteiger partial charge on any atom is -0.478 e. The smallest absolute Gasteiger partial charge is 0.336 e. The Hall–Kier alpha value is -0.960. The Balaban J connectivity index is 2.33. The maximum Gasteiger partial charge on any atom is 0.336 e. The number of aromatic carboxylic acids is 1. The zero-order chi connectivity index (χ0) is 15.6. The van der Waals surface area contributed by atoms with Gasteiger partial charge in [0.2, 0.25) is 0 Å². The number of likely N-dealkylation sites (N-methyl/N-ethyl adjacent to an activating group) is 1. The van der Waals surface area contributed by atoms with Gasteiger partial charge in [-0.1, -0.05) is 6.92 Å². The molecule has 0 spiro atoms. The molecule has 0 radical (unpaired) electrons. The molecular weight excluding hydrogens is 312 g/mol. The standard InChI is InChI=1S/C13H20N2O4S2/c1-3-11-8-14(2)5-4-6-15(11)21(18,19)12-7-10(9-20-12)13(16)17/h7,9,11H,3-6,8H2,1-2H3,(H,16,17). The van der Waals surface area contributed by atoms with Crippen LogP contribution in [0.5, 0.6) is 0 Å². The molecule has 1 aromatic heterocycles. The van der Waals surface area contributed by atoms with Crippen molar-refractivity contribution in [2.75, 3.05) is 26.7 Å². The molecule has 118 valence electrons. The highest BCUT2D eigenvalue weighted by Crippen LogP contribution is 2.27. The molecule has 0 aliphatic carbocycles. The van der Waals surface area contributed by atoms with Crippen molar-refractivity contribution in [1.29, 1.82) is 0 Å². The summed E-state index contributed by atoms with van der Waals surface area (Å²) in [6, 6.07) is 1.18. The highest BCUT2D eigenvalue weighted by Gasteiger charge is 2.34. The van der Waals surface area contributed by atoms with Gasteiger partial charge in [-0.2, -0.15) is 4.31 Å². The van der Waals surface area contributed by atoms with E-state index in [1.54, 1.807) is 0 Å². The third-order valence-corrected chi connectivity index (χ3v) is 7.07. The third-order valence-electron chi connectivity index (χ3n) is 3.70. The van der Waals surface area contributed by atoms with Crippen molar-refractivity contribution in [2.24, 2.45) is 0 Å². The van der Waals surface area contributed by atoms with E-state index in [-0.39, 0.29) is 15.8 Å². The van der Waals surface area contributed by atoms with Crippen LogP contribution in [0.4, 0.5) is 0 Å². The normalized spacial score (nSPS) is 22.1. The summed E-state index contributed by atoms with van der Waals surface area (Å²) >= 11 is 0.975. The second-order valence-electron chi connectivity index (χ2n) is 5.25. The van der Waals surface area contributed by atoms with E-state index in [2.05, 4.69) is 4.90 Å². The molecule has 8 heteroatoms. The van der Waals surface area contributed by atoms with Crippen LogP contribution in [0.2, 0.25) is 0 Å². The van der Waals surface area contributed by atoms with Crippen LogP contribution in [0.25, 0.3) is 0 Å². The molecule has 0 bridgehead atoms. The van der Waals surface area contributed by atoms with Gasteiger partial charge in [0, 0.05) is 24.5 Å². The molecule has 6 nitrogen and oxygen atoms in total. The van der Waals surface area contributed by atoms with Gasteiger partial charge in [-0.25, -0.2) is 13.2 Å². The molecule has 1 saturated heterocycles. The van der Waals surface area contributed by atoms with Gasteiger partial charge in [0.15, 0.2) is 0 Å². The summed E-state index contributed by atoms with van der Waals surface area (Å²) in [5.41, 5.74) is 0.0264. The number of carboxylic acid groups (broad SMARTS) is 1. The van der Waals surface area contributed by atoms with E-state index in [4.69, 9.17) is 5.11 Å². The molecule has 1 N–H and O–H groups in total. The van der Waals surface area contributed by atoms with Crippen LogP contribution >= 0.6 is 11.3 Å². The molecule has 1 aliphatic heterocycles. The first-order valence-corrected chi connectivity index (χ1v) is 9.20. The lowest BCUT2D eigenvalue weighted by atomic mass is 10.2. The van der Waals surface area contributed by atoms with Gasteiger partial charge in [-0.15, -0.1) is 11.3 Å². The maximum absolute atomic E-state index is 12.8. The van der Waals surface area contributed by atoms with E-state index in [9.17, 15) is 13.2 Å². The van der Waals surface area contributed by atoms with Gasteiger partial charge in [0.05, 0.1) is 5.56 Å². The average molecular weight is 332 g/mol. The van der Waals surface area contributed by atoms with Crippen LogP contribution in [0.1, 0.15) is 30.1 Å². The lowest BCUT2D eigenvalue weighted by Crippen LogP contribution is -2.43. The molecule has 1 fully saturated rings. The zero-order valence-corrected chi connectivity index (χ0v) is 13.8. The second-order valence-corrected chi connectivity index (χ2v) is 8.28. The molecule has 1 unspecified atom stereocenters. The lowest BCUT2D eigenvalue weighted by molar-refractivity contribution is 0.0697. The van der Waals surface area contributed by atoms with E-state index >= 15 is 0 Å². The highest BCUT2D eigenvalue weighted by atomic mass is 32.2. The quantitative estimate of drug-likeness (QED) is 0.905. The number of hydrogen-bond acceptors (Lipinski definition) is 5. The number of nitrogens with zero attached hydrogens (tertiary/aromatic N) is 2. The molecule has 1 aromatic rings. The first kappa shape index (κ1) is 16.4. The van der Waals surface area contributed by atoms with Crippen molar-refractivity contribution < 1.29 is 18.3 Å². The fourth-order valence-corrected chi connectivity index (χ4v) is 5.56. The number of rotatable bonds is 4. The van der Waals surface area contributed by atoms with Gasteiger partial charge in [0.25, 0.3) is 10.0 Å². The van der Waals surface area contributed by atoms with Crippen molar-refractivity contribution in [2.45, 2.75) is 30.0 Å². The number of hydrogen-bond donors (Lipinski definition) is 1.